The molecule has 10 nitrogen and oxygen atoms in total. The molecule has 2 heterocycles. The summed E-state index contributed by atoms with van der Waals surface area (Å²) in [5.74, 6) is -0.945. The van der Waals surface area contributed by atoms with Crippen molar-refractivity contribution in [1.82, 2.24) is 10.9 Å². The fourth-order valence-corrected chi connectivity index (χ4v) is 3.66. The number of hydrogen-bond acceptors (Lipinski definition) is 6. The number of carbonyl (C=O) groups is 4. The Hall–Kier alpha value is -4.08. The number of anilines is 2. The van der Waals surface area contributed by atoms with Gasteiger partial charge in [-0.3, -0.25) is 39.8 Å². The summed E-state index contributed by atoms with van der Waals surface area (Å²) in [7, 11) is 0. The second-order valence-corrected chi connectivity index (χ2v) is 7.37. The number of amides is 4. The van der Waals surface area contributed by atoms with Crippen molar-refractivity contribution < 1.29 is 28.7 Å². The number of hydrazine groups is 1. The van der Waals surface area contributed by atoms with Gasteiger partial charge in [0, 0.05) is 0 Å². The molecule has 2 atom stereocenters. The zero-order chi connectivity index (χ0) is 22.8. The predicted octanol–water partition coefficient (Wildman–Crippen LogP) is 0.762. The van der Waals surface area contributed by atoms with Crippen molar-refractivity contribution in [2.75, 3.05) is 23.0 Å². The third-order valence-electron chi connectivity index (χ3n) is 5.33. The summed E-state index contributed by atoms with van der Waals surface area (Å²) in [6, 6.07) is 12.0. The van der Waals surface area contributed by atoms with Crippen molar-refractivity contribution in [2.24, 2.45) is 0 Å². The van der Waals surface area contributed by atoms with Gasteiger partial charge in [-0.1, -0.05) is 24.3 Å². The molecule has 2 aliphatic rings. The normalized spacial score (nSPS) is 16.7. The molecule has 0 radical (unpaired) electrons. The molecule has 2 aromatic carbocycles. The van der Waals surface area contributed by atoms with Crippen LogP contribution in [-0.4, -0.2) is 48.9 Å². The Morgan fingerprint density at radius 1 is 0.750 bits per heavy atom. The van der Waals surface area contributed by atoms with E-state index in [-0.39, 0.29) is 25.0 Å². The Morgan fingerprint density at radius 3 is 1.53 bits per heavy atom. The van der Waals surface area contributed by atoms with E-state index in [1.807, 2.05) is 0 Å². The number of fused-ring (bicyclic) bond motifs is 2. The Morgan fingerprint density at radius 2 is 1.12 bits per heavy atom. The van der Waals surface area contributed by atoms with Gasteiger partial charge >= 0.3 is 0 Å². The van der Waals surface area contributed by atoms with E-state index in [1.165, 1.54) is 9.80 Å². The molecule has 10 heteroatoms. The van der Waals surface area contributed by atoms with Crippen LogP contribution < -0.4 is 30.1 Å². The fourth-order valence-electron chi connectivity index (χ4n) is 3.66. The molecule has 4 rings (SSSR count). The van der Waals surface area contributed by atoms with Gasteiger partial charge in [-0.2, -0.15) is 0 Å². The molecule has 2 N–H and O–H groups in total. The second kappa shape index (κ2) is 8.58. The van der Waals surface area contributed by atoms with E-state index in [4.69, 9.17) is 9.47 Å². The minimum atomic E-state index is -0.908. The van der Waals surface area contributed by atoms with Gasteiger partial charge in [0.25, 0.3) is 23.6 Å². The molecule has 166 valence electrons. The molecule has 2 aromatic rings. The minimum absolute atomic E-state index is 0.184. The predicted molar refractivity (Wildman–Crippen MR) is 114 cm³/mol. The monoisotopic (exact) mass is 438 g/mol. The first-order valence-corrected chi connectivity index (χ1v) is 10.1. The molecule has 0 aliphatic carbocycles. The van der Waals surface area contributed by atoms with Gasteiger partial charge in [0.05, 0.1) is 11.4 Å². The van der Waals surface area contributed by atoms with E-state index in [0.29, 0.717) is 22.9 Å². The zero-order valence-corrected chi connectivity index (χ0v) is 17.5. The zero-order valence-electron chi connectivity index (χ0n) is 17.5. The minimum Gasteiger partial charge on any atom is -0.482 e. The molecule has 0 fully saturated rings. The number of hydrogen-bond donors (Lipinski definition) is 2. The lowest BCUT2D eigenvalue weighted by atomic mass is 10.1. The maximum absolute atomic E-state index is 12.7. The number of nitrogens with zero attached hydrogens (tertiary/aromatic N) is 2. The highest BCUT2D eigenvalue weighted by molar-refractivity contribution is 6.05. The highest BCUT2D eigenvalue weighted by Gasteiger charge is 2.35. The van der Waals surface area contributed by atoms with Crippen molar-refractivity contribution in [3.8, 4) is 11.5 Å². The fraction of sp³-hybridized carbons (Fsp3) is 0.273. The van der Waals surface area contributed by atoms with Crippen LogP contribution in [0.3, 0.4) is 0 Å². The van der Waals surface area contributed by atoms with Gasteiger partial charge in [0.15, 0.2) is 13.2 Å². The molecule has 4 amide bonds. The van der Waals surface area contributed by atoms with E-state index in [1.54, 1.807) is 62.4 Å². The molecule has 0 bridgehead atoms. The number of ether oxygens (including phenoxy) is 2. The standard InChI is InChI=1S/C22H22N4O6/c1-13(25-15-7-3-5-9-17(15)31-11-19(25)27)21(29)23-24-22(30)14(2)26-16-8-4-6-10-18(16)32-12-20(26)28/h3-10,13-14H,11-12H2,1-2H3,(H,23,29)(H,24,30)/t13-,14+. The SMILES string of the molecule is C[C@H](C(=O)NNC(=O)[C@H](C)N1C(=O)COc2ccccc21)N1C(=O)COc2ccccc21. The van der Waals surface area contributed by atoms with Crippen LogP contribution in [0.2, 0.25) is 0 Å². The van der Waals surface area contributed by atoms with Gasteiger partial charge in [-0.15, -0.1) is 0 Å². The summed E-state index contributed by atoms with van der Waals surface area (Å²) in [4.78, 5) is 52.8. The molecule has 0 saturated heterocycles. The number of carbonyl (C=O) groups excluding carboxylic acids is 4. The lowest BCUT2D eigenvalue weighted by molar-refractivity contribution is -0.132. The number of benzene rings is 2. The lowest BCUT2D eigenvalue weighted by Gasteiger charge is -2.34. The van der Waals surface area contributed by atoms with Gasteiger partial charge in [0.2, 0.25) is 0 Å². The van der Waals surface area contributed by atoms with Crippen molar-refractivity contribution >= 4 is 35.0 Å². The number of nitrogens with one attached hydrogen (secondary N) is 2. The first kappa shape index (κ1) is 21.2. The van der Waals surface area contributed by atoms with Crippen molar-refractivity contribution in [3.05, 3.63) is 48.5 Å². The van der Waals surface area contributed by atoms with Gasteiger partial charge in [-0.25, -0.2) is 0 Å². The Bertz CT molecular complexity index is 1000. The summed E-state index contributed by atoms with van der Waals surface area (Å²) in [6.07, 6.45) is 0. The average Bonchev–Trinajstić information content (AvgIpc) is 2.81. The van der Waals surface area contributed by atoms with Crippen LogP contribution in [0.4, 0.5) is 11.4 Å². The van der Waals surface area contributed by atoms with Crippen LogP contribution in [0.25, 0.3) is 0 Å². The van der Waals surface area contributed by atoms with E-state index in [0.717, 1.165) is 0 Å². The molecule has 0 unspecified atom stereocenters. The largest absolute Gasteiger partial charge is 0.482 e. The van der Waals surface area contributed by atoms with Crippen LogP contribution in [0.15, 0.2) is 48.5 Å². The first-order chi connectivity index (χ1) is 15.4. The number of rotatable bonds is 4. The average molecular weight is 438 g/mol. The van der Waals surface area contributed by atoms with E-state index in [9.17, 15) is 19.2 Å². The Balaban J connectivity index is 1.43. The third kappa shape index (κ3) is 3.82. The number of para-hydroxylation sites is 4. The molecule has 0 aromatic heterocycles. The second-order valence-electron chi connectivity index (χ2n) is 7.37. The van der Waals surface area contributed by atoms with Crippen molar-refractivity contribution in [1.29, 1.82) is 0 Å². The summed E-state index contributed by atoms with van der Waals surface area (Å²) in [5.41, 5.74) is 5.64. The summed E-state index contributed by atoms with van der Waals surface area (Å²) >= 11 is 0. The van der Waals surface area contributed by atoms with Crippen LogP contribution in [0.1, 0.15) is 13.8 Å². The van der Waals surface area contributed by atoms with Gasteiger partial charge in [-0.05, 0) is 38.1 Å². The summed E-state index contributed by atoms with van der Waals surface area (Å²) in [6.45, 7) is 2.73. The summed E-state index contributed by atoms with van der Waals surface area (Å²) in [5, 5.41) is 0. The molecule has 2 aliphatic heterocycles. The topological polar surface area (TPSA) is 117 Å². The molecule has 32 heavy (non-hydrogen) atoms. The van der Waals surface area contributed by atoms with Crippen molar-refractivity contribution in [3.63, 3.8) is 0 Å². The van der Waals surface area contributed by atoms with E-state index >= 15 is 0 Å². The van der Waals surface area contributed by atoms with Crippen LogP contribution in [0, 0.1) is 0 Å². The summed E-state index contributed by atoms with van der Waals surface area (Å²) < 4.78 is 10.8. The van der Waals surface area contributed by atoms with Crippen LogP contribution in [-0.2, 0) is 19.2 Å². The molecular formula is C22H22N4O6. The molecule has 0 spiro atoms. The quantitative estimate of drug-likeness (QED) is 0.681. The highest BCUT2D eigenvalue weighted by Crippen LogP contribution is 2.34. The Kier molecular flexibility index (Phi) is 5.67. The smallest absolute Gasteiger partial charge is 0.265 e. The van der Waals surface area contributed by atoms with Gasteiger partial charge in [0.1, 0.15) is 23.6 Å². The third-order valence-corrected chi connectivity index (χ3v) is 5.33. The molecule has 0 saturated carbocycles. The van der Waals surface area contributed by atoms with Gasteiger partial charge < -0.3 is 9.47 Å². The van der Waals surface area contributed by atoms with Crippen molar-refractivity contribution in [2.45, 2.75) is 25.9 Å². The van der Waals surface area contributed by atoms with E-state index in [2.05, 4.69) is 10.9 Å². The first-order valence-electron chi connectivity index (χ1n) is 10.1. The maximum Gasteiger partial charge on any atom is 0.265 e. The lowest BCUT2D eigenvalue weighted by Crippen LogP contribution is -2.58. The van der Waals surface area contributed by atoms with E-state index < -0.39 is 23.9 Å². The maximum atomic E-state index is 12.7. The van der Waals surface area contributed by atoms with Crippen LogP contribution in [0.5, 0.6) is 11.5 Å². The van der Waals surface area contributed by atoms with Crippen LogP contribution >= 0.6 is 0 Å². The molecular weight excluding hydrogens is 416 g/mol. The Labute approximate surface area is 184 Å². The highest BCUT2D eigenvalue weighted by atomic mass is 16.5.